The molecular formula is C39H50FNO7. The molecule has 1 amide bonds. The summed E-state index contributed by atoms with van der Waals surface area (Å²) in [5, 5.41) is 12.1. The van der Waals surface area contributed by atoms with Crippen molar-refractivity contribution in [1.82, 2.24) is 5.32 Å². The van der Waals surface area contributed by atoms with Gasteiger partial charge < -0.3 is 29.4 Å². The number of aliphatic carboxylic acids is 1. The van der Waals surface area contributed by atoms with Gasteiger partial charge in [-0.15, -0.1) is 0 Å². The number of hydrogen-bond donors (Lipinski definition) is 2. The lowest BCUT2D eigenvalue weighted by Crippen LogP contribution is -2.51. The first-order valence-corrected chi connectivity index (χ1v) is 16.8. The van der Waals surface area contributed by atoms with E-state index in [1.54, 1.807) is 32.9 Å². The van der Waals surface area contributed by atoms with E-state index in [-0.39, 0.29) is 31.1 Å². The number of nitrogens with one attached hydrogen (secondary N) is 1. The minimum Gasteiger partial charge on any atom is -0.480 e. The van der Waals surface area contributed by atoms with E-state index >= 15 is 0 Å². The Morgan fingerprint density at radius 1 is 0.896 bits per heavy atom. The van der Waals surface area contributed by atoms with Crippen LogP contribution in [0.1, 0.15) is 63.6 Å². The molecule has 0 bridgehead atoms. The molecule has 8 nitrogen and oxygen atoms in total. The second kappa shape index (κ2) is 17.6. The van der Waals surface area contributed by atoms with Crippen LogP contribution in [-0.2, 0) is 43.2 Å². The van der Waals surface area contributed by atoms with E-state index in [1.165, 1.54) is 12.1 Å². The van der Waals surface area contributed by atoms with E-state index in [0.29, 0.717) is 38.4 Å². The zero-order chi connectivity index (χ0) is 34.6. The first kappa shape index (κ1) is 37.0. The molecule has 3 unspecified atom stereocenters. The van der Waals surface area contributed by atoms with Crippen LogP contribution in [0.15, 0.2) is 84.9 Å². The lowest BCUT2D eigenvalue weighted by atomic mass is 9.79. The van der Waals surface area contributed by atoms with E-state index in [4.69, 9.17) is 18.9 Å². The zero-order valence-electron chi connectivity index (χ0n) is 28.5. The van der Waals surface area contributed by atoms with E-state index in [0.717, 1.165) is 29.5 Å². The molecule has 4 atom stereocenters. The van der Waals surface area contributed by atoms with Crippen molar-refractivity contribution in [2.45, 2.75) is 89.8 Å². The molecule has 4 rings (SSSR count). The molecule has 1 fully saturated rings. The molecule has 0 aromatic heterocycles. The van der Waals surface area contributed by atoms with Gasteiger partial charge in [0.2, 0.25) is 0 Å². The minimum atomic E-state index is -1.28. The summed E-state index contributed by atoms with van der Waals surface area (Å²) < 4.78 is 38.8. The van der Waals surface area contributed by atoms with Crippen LogP contribution in [-0.4, -0.2) is 60.3 Å². The van der Waals surface area contributed by atoms with Crippen LogP contribution < -0.4 is 5.32 Å². The molecule has 0 saturated heterocycles. The normalized spacial score (nSPS) is 16.4. The van der Waals surface area contributed by atoms with Gasteiger partial charge in [0.15, 0.2) is 6.04 Å². The number of rotatable bonds is 19. The Bertz CT molecular complexity index is 1410. The topological polar surface area (TPSA) is 103 Å². The maximum atomic E-state index is 13.9. The second-order valence-electron chi connectivity index (χ2n) is 13.9. The highest BCUT2D eigenvalue weighted by molar-refractivity contribution is 5.80. The number of benzene rings is 3. The first-order valence-electron chi connectivity index (χ1n) is 16.8. The Morgan fingerprint density at radius 2 is 1.52 bits per heavy atom. The minimum absolute atomic E-state index is 0.138. The number of hydrogen-bond acceptors (Lipinski definition) is 6. The van der Waals surface area contributed by atoms with Crippen molar-refractivity contribution in [1.29, 1.82) is 0 Å². The molecule has 0 heterocycles. The Kier molecular flexibility index (Phi) is 13.6. The van der Waals surface area contributed by atoms with E-state index < -0.39 is 29.3 Å². The van der Waals surface area contributed by atoms with Gasteiger partial charge in [0, 0.05) is 19.6 Å². The number of ether oxygens (including phenoxy) is 4. The Balaban J connectivity index is 1.58. The molecule has 9 heteroatoms. The maximum Gasteiger partial charge on any atom is 0.408 e. The van der Waals surface area contributed by atoms with Crippen molar-refractivity contribution in [2.75, 3.05) is 19.8 Å². The Morgan fingerprint density at radius 3 is 2.10 bits per heavy atom. The van der Waals surface area contributed by atoms with Gasteiger partial charge in [-0.2, -0.15) is 0 Å². The highest BCUT2D eigenvalue weighted by atomic mass is 19.1. The molecular weight excluding hydrogens is 613 g/mol. The summed E-state index contributed by atoms with van der Waals surface area (Å²) in [5.41, 5.74) is 1.57. The zero-order valence-corrected chi connectivity index (χ0v) is 28.5. The molecule has 2 N–H and O–H groups in total. The number of carboxylic acids is 1. The third-order valence-corrected chi connectivity index (χ3v) is 8.37. The number of carboxylic acid groups (broad SMARTS) is 1. The van der Waals surface area contributed by atoms with Crippen LogP contribution >= 0.6 is 0 Å². The smallest absolute Gasteiger partial charge is 0.408 e. The molecule has 260 valence electrons. The Hall–Kier alpha value is -3.79. The summed E-state index contributed by atoms with van der Waals surface area (Å²) in [7, 11) is 0. The quantitative estimate of drug-likeness (QED) is 0.129. The summed E-state index contributed by atoms with van der Waals surface area (Å²) in [5.74, 6) is -1.17. The molecule has 1 aliphatic carbocycles. The molecule has 1 saturated carbocycles. The predicted octanol–water partition coefficient (Wildman–Crippen LogP) is 7.38. The number of carbonyl (C=O) groups excluding carboxylic acids is 1. The van der Waals surface area contributed by atoms with Gasteiger partial charge in [-0.25, -0.2) is 14.0 Å². The van der Waals surface area contributed by atoms with Gasteiger partial charge in [0.25, 0.3) is 0 Å². The fourth-order valence-corrected chi connectivity index (χ4v) is 5.74. The van der Waals surface area contributed by atoms with Crippen molar-refractivity contribution in [3.63, 3.8) is 0 Å². The number of amides is 1. The molecule has 0 radical (unpaired) electrons. The van der Waals surface area contributed by atoms with E-state index in [1.807, 2.05) is 48.5 Å². The van der Waals surface area contributed by atoms with Crippen LogP contribution in [0, 0.1) is 17.7 Å². The van der Waals surface area contributed by atoms with Crippen molar-refractivity contribution in [3.05, 3.63) is 107 Å². The summed E-state index contributed by atoms with van der Waals surface area (Å²) in [6.45, 7) is 8.18. The van der Waals surface area contributed by atoms with E-state index in [2.05, 4.69) is 24.4 Å². The summed E-state index contributed by atoms with van der Waals surface area (Å²) in [6.07, 6.45) is 2.71. The third-order valence-electron chi connectivity index (χ3n) is 8.37. The van der Waals surface area contributed by atoms with Gasteiger partial charge >= 0.3 is 12.1 Å². The highest BCUT2D eigenvalue weighted by Crippen LogP contribution is 2.37. The summed E-state index contributed by atoms with van der Waals surface area (Å²) in [6, 6.07) is 25.4. The van der Waals surface area contributed by atoms with Crippen LogP contribution in [0.3, 0.4) is 0 Å². The largest absolute Gasteiger partial charge is 0.480 e. The Labute approximate surface area is 283 Å². The van der Waals surface area contributed by atoms with Crippen molar-refractivity contribution < 1.29 is 38.0 Å². The molecule has 1 aliphatic rings. The van der Waals surface area contributed by atoms with Gasteiger partial charge in [-0.1, -0.05) is 72.8 Å². The van der Waals surface area contributed by atoms with Gasteiger partial charge in [-0.05, 0) is 94.0 Å². The molecule has 48 heavy (non-hydrogen) atoms. The second-order valence-corrected chi connectivity index (χ2v) is 13.9. The lowest BCUT2D eigenvalue weighted by Gasteiger charge is -2.42. The summed E-state index contributed by atoms with van der Waals surface area (Å²) in [4.78, 5) is 24.2. The van der Waals surface area contributed by atoms with Crippen LogP contribution in [0.4, 0.5) is 9.18 Å². The standard InChI is InChI=1S/C39H50FNO7/c1-38(2,3)48-37(44)41-34(36(42)43)27-45-22-21-32(23-28-17-19-33(40)20-18-28)35(46-25-31-15-16-31)39(4,24-29-11-7-5-8-12-29)47-26-30-13-9-6-10-14-30/h5-14,17-20,31-32,34-35H,15-16,21-27H2,1-4H3,(H,41,44)(H,42,43)/t32?,34?,35?,39-/m1/s1. The van der Waals surface area contributed by atoms with Gasteiger partial charge in [0.1, 0.15) is 11.4 Å². The van der Waals surface area contributed by atoms with E-state index in [9.17, 15) is 19.1 Å². The lowest BCUT2D eigenvalue weighted by molar-refractivity contribution is -0.167. The van der Waals surface area contributed by atoms with Crippen molar-refractivity contribution in [2.24, 2.45) is 11.8 Å². The van der Waals surface area contributed by atoms with Gasteiger partial charge in [-0.3, -0.25) is 0 Å². The van der Waals surface area contributed by atoms with Gasteiger partial charge in [0.05, 0.1) is 24.9 Å². The average molecular weight is 664 g/mol. The van der Waals surface area contributed by atoms with Crippen LogP contribution in [0.25, 0.3) is 0 Å². The van der Waals surface area contributed by atoms with Crippen molar-refractivity contribution in [3.8, 4) is 0 Å². The number of carbonyl (C=O) groups is 2. The van der Waals surface area contributed by atoms with Crippen LogP contribution in [0.2, 0.25) is 0 Å². The fraction of sp³-hybridized carbons (Fsp3) is 0.487. The predicted molar refractivity (Wildman–Crippen MR) is 182 cm³/mol. The molecule has 3 aromatic rings. The SMILES string of the molecule is CC(C)(C)OC(=O)NC(COCCC(Cc1ccc(F)cc1)C(OCC1CC1)[C@@](C)(Cc1ccccc1)OCc1ccccc1)C(=O)O. The monoisotopic (exact) mass is 663 g/mol. The highest BCUT2D eigenvalue weighted by Gasteiger charge is 2.42. The molecule has 0 aliphatic heterocycles. The molecule has 0 spiro atoms. The number of halogens is 1. The fourth-order valence-electron chi connectivity index (χ4n) is 5.74. The maximum absolute atomic E-state index is 13.9. The average Bonchev–Trinajstić information content (AvgIpc) is 3.87. The van der Waals surface area contributed by atoms with Crippen LogP contribution in [0.5, 0.6) is 0 Å². The first-order chi connectivity index (χ1) is 22.9. The molecule has 3 aromatic carbocycles. The summed E-state index contributed by atoms with van der Waals surface area (Å²) >= 11 is 0. The third kappa shape index (κ3) is 12.7. The van der Waals surface area contributed by atoms with Crippen molar-refractivity contribution >= 4 is 12.1 Å². The number of alkyl carbamates (subject to hydrolysis) is 1.